The van der Waals surface area contributed by atoms with E-state index in [1.54, 1.807) is 0 Å². The number of nitrogens with zero attached hydrogens (tertiary/aromatic N) is 1. The van der Waals surface area contributed by atoms with Gasteiger partial charge in [-0.1, -0.05) is 56.3 Å². The fourth-order valence-electron chi connectivity index (χ4n) is 2.77. The summed E-state index contributed by atoms with van der Waals surface area (Å²) < 4.78 is 0. The highest BCUT2D eigenvalue weighted by Gasteiger charge is 2.21. The van der Waals surface area contributed by atoms with Gasteiger partial charge in [-0.05, 0) is 41.2 Å². The van der Waals surface area contributed by atoms with E-state index in [9.17, 15) is 0 Å². The summed E-state index contributed by atoms with van der Waals surface area (Å²) in [7, 11) is 6.11. The fraction of sp³-hybridized carbons (Fsp3) is 0.333. The van der Waals surface area contributed by atoms with Gasteiger partial charge in [0.2, 0.25) is 0 Å². The summed E-state index contributed by atoms with van der Waals surface area (Å²) in [5.74, 6) is 0. The third kappa shape index (κ3) is 4.38. The molecule has 0 aromatic heterocycles. The molecule has 0 saturated carbocycles. The van der Waals surface area contributed by atoms with Crippen LogP contribution < -0.4 is 10.2 Å². The molecule has 1 N–H and O–H groups in total. The largest absolute Gasteiger partial charge is 0.388 e. The first-order valence-electron chi connectivity index (χ1n) is 8.15. The van der Waals surface area contributed by atoms with Crippen molar-refractivity contribution < 1.29 is 0 Å². The second-order valence-corrected chi connectivity index (χ2v) is 6.77. The Hall–Kier alpha value is -2.22. The molecule has 0 spiro atoms. The Balaban J connectivity index is 2.09. The Morgan fingerprint density at radius 3 is 2.26 bits per heavy atom. The molecule has 2 aromatic rings. The molecule has 0 fully saturated rings. The first kappa shape index (κ1) is 17.1. The number of nitrogens with one attached hydrogen (secondary N) is 1. The lowest BCUT2D eigenvalue weighted by atomic mass is 9.80. The average molecular weight is 308 g/mol. The van der Waals surface area contributed by atoms with E-state index in [2.05, 4.69) is 98.8 Å². The van der Waals surface area contributed by atoms with Crippen LogP contribution in [-0.4, -0.2) is 21.1 Å². The molecule has 0 aliphatic rings. The maximum absolute atomic E-state index is 3.30. The molecule has 0 aliphatic carbocycles. The molecular weight excluding hydrogens is 280 g/mol. The van der Waals surface area contributed by atoms with Crippen molar-refractivity contribution in [3.63, 3.8) is 0 Å². The summed E-state index contributed by atoms with van der Waals surface area (Å²) in [4.78, 5) is 2.12. The van der Waals surface area contributed by atoms with Gasteiger partial charge in [0.05, 0.1) is 0 Å². The maximum Gasteiger partial charge on any atom is 0.0375 e. The normalized spacial score (nSPS) is 11.7. The van der Waals surface area contributed by atoms with Gasteiger partial charge in [0.25, 0.3) is 0 Å². The summed E-state index contributed by atoms with van der Waals surface area (Å²) in [5.41, 5.74) is 5.13. The molecule has 23 heavy (non-hydrogen) atoms. The molecule has 122 valence electrons. The molecule has 0 heterocycles. The Morgan fingerprint density at radius 2 is 1.65 bits per heavy atom. The van der Waals surface area contributed by atoms with Gasteiger partial charge in [-0.25, -0.2) is 0 Å². The molecule has 2 heteroatoms. The zero-order valence-corrected chi connectivity index (χ0v) is 14.9. The number of allylic oxidation sites excluding steroid dienone is 1. The molecule has 2 aromatic carbocycles. The SMILES string of the molecule is CNc1ccccc1C(C)(C)C/C=C/c1ccc(N(C)C)cc1. The molecule has 0 aliphatic heterocycles. The van der Waals surface area contributed by atoms with Crippen LogP contribution in [0.4, 0.5) is 11.4 Å². The minimum atomic E-state index is 0.0969. The molecule has 0 saturated heterocycles. The molecule has 0 amide bonds. The number of benzene rings is 2. The zero-order valence-electron chi connectivity index (χ0n) is 14.9. The minimum Gasteiger partial charge on any atom is -0.388 e. The average Bonchev–Trinajstić information content (AvgIpc) is 2.55. The van der Waals surface area contributed by atoms with Gasteiger partial charge >= 0.3 is 0 Å². The van der Waals surface area contributed by atoms with Crippen molar-refractivity contribution in [3.8, 4) is 0 Å². The predicted octanol–water partition coefficient (Wildman–Crippen LogP) is 5.18. The van der Waals surface area contributed by atoms with Crippen molar-refractivity contribution in [1.82, 2.24) is 0 Å². The lowest BCUT2D eigenvalue weighted by Crippen LogP contribution is -2.17. The summed E-state index contributed by atoms with van der Waals surface area (Å²) in [6.45, 7) is 4.59. The van der Waals surface area contributed by atoms with Crippen LogP contribution in [0.2, 0.25) is 0 Å². The van der Waals surface area contributed by atoms with Crippen LogP contribution in [-0.2, 0) is 5.41 Å². The van der Waals surface area contributed by atoms with Crippen molar-refractivity contribution >= 4 is 17.5 Å². The van der Waals surface area contributed by atoms with E-state index in [-0.39, 0.29) is 5.41 Å². The topological polar surface area (TPSA) is 15.3 Å². The smallest absolute Gasteiger partial charge is 0.0375 e. The van der Waals surface area contributed by atoms with Crippen molar-refractivity contribution in [3.05, 3.63) is 65.7 Å². The standard InChI is InChI=1S/C21H28N2/c1-21(2,19-10-6-7-11-20(19)22-3)16-8-9-17-12-14-18(15-13-17)23(4)5/h6-15,22H,16H2,1-5H3/b9-8+. The van der Waals surface area contributed by atoms with Crippen molar-refractivity contribution in [2.75, 3.05) is 31.4 Å². The molecular formula is C21H28N2. The Labute approximate surface area is 140 Å². The predicted molar refractivity (Wildman–Crippen MR) is 103 cm³/mol. The highest BCUT2D eigenvalue weighted by Crippen LogP contribution is 2.33. The van der Waals surface area contributed by atoms with Gasteiger partial charge in [-0.3, -0.25) is 0 Å². The lowest BCUT2D eigenvalue weighted by molar-refractivity contribution is 0.536. The third-order valence-corrected chi connectivity index (χ3v) is 4.27. The molecule has 2 rings (SSSR count). The van der Waals surface area contributed by atoms with Crippen LogP contribution in [0.5, 0.6) is 0 Å². The summed E-state index contributed by atoms with van der Waals surface area (Å²) in [6, 6.07) is 17.2. The Bertz CT molecular complexity index is 652. The van der Waals surface area contributed by atoms with E-state index in [1.807, 2.05) is 7.05 Å². The van der Waals surface area contributed by atoms with E-state index in [0.29, 0.717) is 0 Å². The van der Waals surface area contributed by atoms with Crippen LogP contribution in [0.1, 0.15) is 31.4 Å². The quantitative estimate of drug-likeness (QED) is 0.791. The highest BCUT2D eigenvalue weighted by atomic mass is 15.1. The Kier molecular flexibility index (Phi) is 5.49. The second kappa shape index (κ2) is 7.36. The summed E-state index contributed by atoms with van der Waals surface area (Å²) in [5, 5.41) is 3.30. The van der Waals surface area contributed by atoms with E-state index in [0.717, 1.165) is 6.42 Å². The van der Waals surface area contributed by atoms with E-state index < -0.39 is 0 Å². The number of rotatable bonds is 6. The van der Waals surface area contributed by atoms with Gasteiger partial charge in [0.15, 0.2) is 0 Å². The molecule has 2 nitrogen and oxygen atoms in total. The fourth-order valence-corrected chi connectivity index (χ4v) is 2.77. The molecule has 0 atom stereocenters. The van der Waals surface area contributed by atoms with Crippen LogP contribution in [0, 0.1) is 0 Å². The van der Waals surface area contributed by atoms with Gasteiger partial charge in [-0.15, -0.1) is 0 Å². The second-order valence-electron chi connectivity index (χ2n) is 6.77. The maximum atomic E-state index is 3.30. The molecule has 0 unspecified atom stereocenters. The monoisotopic (exact) mass is 308 g/mol. The van der Waals surface area contributed by atoms with Gasteiger partial charge in [0, 0.05) is 32.5 Å². The van der Waals surface area contributed by atoms with Crippen molar-refractivity contribution in [2.45, 2.75) is 25.7 Å². The van der Waals surface area contributed by atoms with Gasteiger partial charge in [-0.2, -0.15) is 0 Å². The zero-order chi connectivity index (χ0) is 16.9. The third-order valence-electron chi connectivity index (χ3n) is 4.27. The first-order chi connectivity index (χ1) is 10.9. The van der Waals surface area contributed by atoms with Crippen molar-refractivity contribution in [1.29, 1.82) is 0 Å². The first-order valence-corrected chi connectivity index (χ1v) is 8.15. The summed E-state index contributed by atoms with van der Waals surface area (Å²) in [6.07, 6.45) is 5.49. The van der Waals surface area contributed by atoms with E-state index in [1.165, 1.54) is 22.5 Å². The molecule has 0 radical (unpaired) electrons. The molecule has 0 bridgehead atoms. The van der Waals surface area contributed by atoms with Crippen LogP contribution in [0.3, 0.4) is 0 Å². The van der Waals surface area contributed by atoms with Crippen molar-refractivity contribution in [2.24, 2.45) is 0 Å². The number of hydrogen-bond acceptors (Lipinski definition) is 2. The Morgan fingerprint density at radius 1 is 1.00 bits per heavy atom. The van der Waals surface area contributed by atoms with Crippen LogP contribution in [0.25, 0.3) is 6.08 Å². The summed E-state index contributed by atoms with van der Waals surface area (Å²) >= 11 is 0. The van der Waals surface area contributed by atoms with Gasteiger partial charge < -0.3 is 10.2 Å². The lowest BCUT2D eigenvalue weighted by Gasteiger charge is -2.26. The van der Waals surface area contributed by atoms with Crippen LogP contribution in [0.15, 0.2) is 54.6 Å². The minimum absolute atomic E-state index is 0.0969. The van der Waals surface area contributed by atoms with E-state index >= 15 is 0 Å². The van der Waals surface area contributed by atoms with Gasteiger partial charge in [0.1, 0.15) is 0 Å². The number of para-hydroxylation sites is 1. The van der Waals surface area contributed by atoms with Crippen LogP contribution >= 0.6 is 0 Å². The number of anilines is 2. The van der Waals surface area contributed by atoms with E-state index in [4.69, 9.17) is 0 Å². The highest BCUT2D eigenvalue weighted by molar-refractivity contribution is 5.57. The number of hydrogen-bond donors (Lipinski definition) is 1.